The second-order valence-electron chi connectivity index (χ2n) is 3.89. The summed E-state index contributed by atoms with van der Waals surface area (Å²) in [6, 6.07) is 0. The molecule has 3 rings (SSSR count). The number of aromatic nitrogens is 2. The van der Waals surface area contributed by atoms with E-state index >= 15 is 0 Å². The molecule has 12 heavy (non-hydrogen) atoms. The van der Waals surface area contributed by atoms with Gasteiger partial charge in [-0.1, -0.05) is 0 Å². The molecule has 3 nitrogen and oxygen atoms in total. The molecule has 62 valence electrons. The minimum Gasteiger partial charge on any atom is -0.315 e. The van der Waals surface area contributed by atoms with Crippen molar-refractivity contribution in [3.63, 3.8) is 0 Å². The molecular formula is C9H11N3. The van der Waals surface area contributed by atoms with E-state index in [-0.39, 0.29) is 0 Å². The van der Waals surface area contributed by atoms with Crippen molar-refractivity contribution < 1.29 is 0 Å². The number of nitrogens with one attached hydrogen (secondary N) is 1. The van der Waals surface area contributed by atoms with Gasteiger partial charge in [-0.05, 0) is 17.9 Å². The summed E-state index contributed by atoms with van der Waals surface area (Å²) in [6.07, 6.45) is 6.82. The van der Waals surface area contributed by atoms with Crippen molar-refractivity contribution in [2.24, 2.45) is 5.41 Å². The lowest BCUT2D eigenvalue weighted by molar-refractivity contribution is 0.312. The van der Waals surface area contributed by atoms with Gasteiger partial charge < -0.3 is 5.32 Å². The van der Waals surface area contributed by atoms with Gasteiger partial charge >= 0.3 is 0 Å². The maximum absolute atomic E-state index is 4.04. The predicted octanol–water partition coefficient (Wildman–Crippen LogP) is 0.553. The molecule has 3 heteroatoms. The Morgan fingerprint density at radius 1 is 1.33 bits per heavy atom. The molecule has 1 aromatic heterocycles. The molecule has 1 unspecified atom stereocenters. The lowest BCUT2D eigenvalue weighted by atomic mass is 9.94. The molecule has 0 radical (unpaired) electrons. The van der Waals surface area contributed by atoms with E-state index < -0.39 is 0 Å². The van der Waals surface area contributed by atoms with Crippen molar-refractivity contribution in [2.75, 3.05) is 13.1 Å². The molecule has 1 aliphatic heterocycles. The van der Waals surface area contributed by atoms with Crippen LogP contribution in [0.2, 0.25) is 0 Å². The molecular weight excluding hydrogens is 150 g/mol. The quantitative estimate of drug-likeness (QED) is 0.653. The minimum absolute atomic E-state index is 0.602. The highest BCUT2D eigenvalue weighted by molar-refractivity contribution is 5.29. The fraction of sp³-hybridized carbons (Fsp3) is 0.556. The van der Waals surface area contributed by atoms with Crippen LogP contribution in [0.4, 0.5) is 0 Å². The first-order chi connectivity index (χ1) is 5.91. The van der Waals surface area contributed by atoms with Crippen LogP contribution in [-0.2, 0) is 0 Å². The molecule has 1 N–H and O–H groups in total. The van der Waals surface area contributed by atoms with E-state index in [0.717, 1.165) is 5.92 Å². The van der Waals surface area contributed by atoms with Gasteiger partial charge in [0.05, 0.1) is 0 Å². The Balaban J connectivity index is 1.85. The Morgan fingerprint density at radius 2 is 2.08 bits per heavy atom. The highest BCUT2D eigenvalue weighted by Gasteiger charge is 2.58. The Kier molecular flexibility index (Phi) is 1.11. The Morgan fingerprint density at radius 3 is 2.58 bits per heavy atom. The molecule has 1 saturated carbocycles. The van der Waals surface area contributed by atoms with Gasteiger partial charge in [-0.15, -0.1) is 0 Å². The summed E-state index contributed by atoms with van der Waals surface area (Å²) in [5.74, 6) is 0.736. The van der Waals surface area contributed by atoms with E-state index in [1.165, 1.54) is 25.1 Å². The van der Waals surface area contributed by atoms with Crippen molar-refractivity contribution in [3.05, 3.63) is 24.3 Å². The van der Waals surface area contributed by atoms with E-state index in [1.54, 1.807) is 6.33 Å². The van der Waals surface area contributed by atoms with Crippen LogP contribution in [0.1, 0.15) is 17.9 Å². The monoisotopic (exact) mass is 161 g/mol. The first-order valence-corrected chi connectivity index (χ1v) is 4.36. The summed E-state index contributed by atoms with van der Waals surface area (Å²) in [7, 11) is 0. The smallest absolute Gasteiger partial charge is 0.115 e. The zero-order valence-corrected chi connectivity index (χ0v) is 6.83. The number of hydrogen-bond donors (Lipinski definition) is 1. The third-order valence-corrected chi connectivity index (χ3v) is 3.13. The molecule has 1 atom stereocenters. The van der Waals surface area contributed by atoms with Crippen LogP contribution in [0.25, 0.3) is 0 Å². The predicted molar refractivity (Wildman–Crippen MR) is 44.7 cm³/mol. The Bertz CT molecular complexity index is 292. The summed E-state index contributed by atoms with van der Waals surface area (Å²) in [6.45, 7) is 2.37. The average Bonchev–Trinajstić information content (AvgIpc) is 2.80. The molecule has 2 aliphatic rings. The fourth-order valence-electron chi connectivity index (χ4n) is 2.15. The first kappa shape index (κ1) is 6.54. The Labute approximate surface area is 71.2 Å². The normalized spacial score (nSPS) is 29.8. The number of hydrogen-bond acceptors (Lipinski definition) is 3. The van der Waals surface area contributed by atoms with E-state index in [1.807, 2.05) is 12.4 Å². The van der Waals surface area contributed by atoms with Crippen LogP contribution >= 0.6 is 0 Å². The summed E-state index contributed by atoms with van der Waals surface area (Å²) >= 11 is 0. The van der Waals surface area contributed by atoms with Crippen molar-refractivity contribution >= 4 is 0 Å². The van der Waals surface area contributed by atoms with Crippen molar-refractivity contribution in [1.29, 1.82) is 0 Å². The minimum atomic E-state index is 0.602. The molecule has 1 aliphatic carbocycles. The highest BCUT2D eigenvalue weighted by Crippen LogP contribution is 2.61. The van der Waals surface area contributed by atoms with Gasteiger partial charge in [0.1, 0.15) is 6.33 Å². The van der Waals surface area contributed by atoms with E-state index in [2.05, 4.69) is 15.3 Å². The molecule has 0 aromatic carbocycles. The maximum atomic E-state index is 4.04. The molecule has 2 fully saturated rings. The SMILES string of the molecule is c1ncc(C2CC23CNC3)cn1. The number of nitrogens with zero attached hydrogens (tertiary/aromatic N) is 2. The Hall–Kier alpha value is -0.960. The third kappa shape index (κ3) is 0.743. The fourth-order valence-corrected chi connectivity index (χ4v) is 2.15. The molecule has 0 bridgehead atoms. The molecule has 1 saturated heterocycles. The maximum Gasteiger partial charge on any atom is 0.115 e. The summed E-state index contributed by atoms with van der Waals surface area (Å²) in [4.78, 5) is 8.08. The van der Waals surface area contributed by atoms with E-state index in [4.69, 9.17) is 0 Å². The van der Waals surface area contributed by atoms with Gasteiger partial charge in [0.2, 0.25) is 0 Å². The van der Waals surface area contributed by atoms with Gasteiger partial charge in [-0.2, -0.15) is 0 Å². The van der Waals surface area contributed by atoms with Crippen LogP contribution in [0.5, 0.6) is 0 Å². The molecule has 0 amide bonds. The van der Waals surface area contributed by atoms with E-state index in [0.29, 0.717) is 5.41 Å². The van der Waals surface area contributed by atoms with Gasteiger partial charge in [-0.25, -0.2) is 9.97 Å². The molecule has 1 spiro atoms. The molecule has 2 heterocycles. The van der Waals surface area contributed by atoms with Crippen LogP contribution < -0.4 is 5.32 Å². The molecule has 1 aromatic rings. The van der Waals surface area contributed by atoms with Gasteiger partial charge in [0.25, 0.3) is 0 Å². The zero-order valence-electron chi connectivity index (χ0n) is 6.83. The average molecular weight is 161 g/mol. The largest absolute Gasteiger partial charge is 0.315 e. The van der Waals surface area contributed by atoms with Gasteiger partial charge in [0, 0.05) is 30.9 Å². The lowest BCUT2D eigenvalue weighted by Crippen LogP contribution is -2.44. The number of rotatable bonds is 1. The highest BCUT2D eigenvalue weighted by atomic mass is 15.0. The first-order valence-electron chi connectivity index (χ1n) is 4.36. The van der Waals surface area contributed by atoms with E-state index in [9.17, 15) is 0 Å². The summed E-state index contributed by atoms with van der Waals surface area (Å²) in [5, 5.41) is 3.32. The summed E-state index contributed by atoms with van der Waals surface area (Å²) < 4.78 is 0. The van der Waals surface area contributed by atoms with Crippen LogP contribution in [0.15, 0.2) is 18.7 Å². The van der Waals surface area contributed by atoms with Gasteiger partial charge in [-0.3, -0.25) is 0 Å². The second kappa shape index (κ2) is 2.04. The lowest BCUT2D eigenvalue weighted by Gasteiger charge is -2.28. The van der Waals surface area contributed by atoms with Crippen molar-refractivity contribution in [3.8, 4) is 0 Å². The topological polar surface area (TPSA) is 37.8 Å². The standard InChI is InChI=1S/C9H11N3/c1-8(9(1)4-12-5-9)7-2-10-6-11-3-7/h2-3,6,8,12H,1,4-5H2. The van der Waals surface area contributed by atoms with Crippen LogP contribution in [0, 0.1) is 5.41 Å². The summed E-state index contributed by atoms with van der Waals surface area (Å²) in [5.41, 5.74) is 1.92. The third-order valence-electron chi connectivity index (χ3n) is 3.13. The van der Waals surface area contributed by atoms with Crippen molar-refractivity contribution in [1.82, 2.24) is 15.3 Å². The second-order valence-corrected chi connectivity index (χ2v) is 3.89. The zero-order chi connectivity index (χ0) is 8.02. The van der Waals surface area contributed by atoms with Gasteiger partial charge in [0.15, 0.2) is 0 Å². The van der Waals surface area contributed by atoms with Crippen molar-refractivity contribution in [2.45, 2.75) is 12.3 Å². The van der Waals surface area contributed by atoms with Crippen LogP contribution in [-0.4, -0.2) is 23.1 Å². The van der Waals surface area contributed by atoms with Crippen LogP contribution in [0.3, 0.4) is 0 Å².